The van der Waals surface area contributed by atoms with Gasteiger partial charge in [0.15, 0.2) is 0 Å². The van der Waals surface area contributed by atoms with E-state index >= 15 is 0 Å². The Kier molecular flexibility index (Phi) is 6.12. The van der Waals surface area contributed by atoms with Gasteiger partial charge in [0, 0.05) is 9.79 Å². The summed E-state index contributed by atoms with van der Waals surface area (Å²) in [5.41, 5.74) is 0.977. The van der Waals surface area contributed by atoms with Crippen LogP contribution >= 0.6 is 23.5 Å². The van der Waals surface area contributed by atoms with Gasteiger partial charge in [0.05, 0.1) is 16.5 Å². The summed E-state index contributed by atoms with van der Waals surface area (Å²) in [5, 5.41) is 11.7. The largest absolute Gasteiger partial charge is 0.478 e. The molecule has 4 nitrogen and oxygen atoms in total. The molecular formula is C17H17NO3S2. The summed E-state index contributed by atoms with van der Waals surface area (Å²) in [6, 6.07) is 14.3. The number of aromatic carboxylic acids is 1. The maximum absolute atomic E-state index is 12.4. The van der Waals surface area contributed by atoms with Crippen LogP contribution < -0.4 is 5.32 Å². The molecule has 0 heterocycles. The molecule has 2 N–H and O–H groups in total. The highest BCUT2D eigenvalue weighted by atomic mass is 32.2. The summed E-state index contributed by atoms with van der Waals surface area (Å²) in [7, 11) is 0. The summed E-state index contributed by atoms with van der Waals surface area (Å²) in [6.45, 7) is 1.76. The number of amides is 1. The summed E-state index contributed by atoms with van der Waals surface area (Å²) in [5.74, 6) is -1.15. The Morgan fingerprint density at radius 1 is 1.04 bits per heavy atom. The average molecular weight is 347 g/mol. The van der Waals surface area contributed by atoms with E-state index < -0.39 is 11.2 Å². The van der Waals surface area contributed by atoms with Crippen LogP contribution in [0.4, 0.5) is 5.69 Å². The Hall–Kier alpha value is -1.92. The minimum absolute atomic E-state index is 0.156. The molecule has 120 valence electrons. The monoisotopic (exact) mass is 347 g/mol. The summed E-state index contributed by atoms with van der Waals surface area (Å²) in [4.78, 5) is 25.2. The molecule has 0 saturated carbocycles. The van der Waals surface area contributed by atoms with Crippen LogP contribution in [0.25, 0.3) is 0 Å². The van der Waals surface area contributed by atoms with Crippen molar-refractivity contribution >= 4 is 41.1 Å². The van der Waals surface area contributed by atoms with Crippen LogP contribution in [0.3, 0.4) is 0 Å². The highest BCUT2D eigenvalue weighted by Gasteiger charge is 2.19. The Morgan fingerprint density at radius 3 is 2.30 bits per heavy atom. The molecule has 0 aliphatic heterocycles. The van der Waals surface area contributed by atoms with E-state index in [0.29, 0.717) is 4.90 Å². The molecule has 6 heteroatoms. The van der Waals surface area contributed by atoms with Crippen molar-refractivity contribution in [2.24, 2.45) is 0 Å². The van der Waals surface area contributed by atoms with Crippen molar-refractivity contribution in [2.45, 2.75) is 22.0 Å². The maximum Gasteiger partial charge on any atom is 0.336 e. The van der Waals surface area contributed by atoms with E-state index in [1.807, 2.05) is 30.5 Å². The molecule has 23 heavy (non-hydrogen) atoms. The molecule has 0 aromatic heterocycles. The fourth-order valence-corrected chi connectivity index (χ4v) is 3.51. The normalized spacial score (nSPS) is 11.7. The van der Waals surface area contributed by atoms with Crippen LogP contribution in [-0.4, -0.2) is 28.5 Å². The van der Waals surface area contributed by atoms with Gasteiger partial charge in [-0.25, -0.2) is 4.79 Å². The third-order valence-electron chi connectivity index (χ3n) is 3.16. The number of benzene rings is 2. The van der Waals surface area contributed by atoms with Crippen molar-refractivity contribution in [2.75, 3.05) is 11.6 Å². The Labute approximate surface area is 143 Å². The first kappa shape index (κ1) is 17.4. The number of rotatable bonds is 6. The topological polar surface area (TPSA) is 66.4 Å². The molecule has 0 unspecified atom stereocenters. The van der Waals surface area contributed by atoms with Gasteiger partial charge < -0.3 is 10.4 Å². The second-order valence-corrected chi connectivity index (χ2v) is 6.98. The number of hydrogen-bond donors (Lipinski definition) is 2. The first-order valence-corrected chi connectivity index (χ1v) is 9.06. The van der Waals surface area contributed by atoms with Gasteiger partial charge in [-0.15, -0.1) is 23.5 Å². The van der Waals surface area contributed by atoms with Crippen LogP contribution in [0, 0.1) is 0 Å². The zero-order chi connectivity index (χ0) is 16.8. The van der Waals surface area contributed by atoms with Crippen molar-refractivity contribution < 1.29 is 14.7 Å². The van der Waals surface area contributed by atoms with Crippen LogP contribution in [0.5, 0.6) is 0 Å². The van der Waals surface area contributed by atoms with Crippen molar-refractivity contribution in [3.8, 4) is 0 Å². The van der Waals surface area contributed by atoms with Crippen molar-refractivity contribution in [3.05, 3.63) is 54.1 Å². The van der Waals surface area contributed by atoms with Gasteiger partial charge in [0.1, 0.15) is 0 Å². The SMILES string of the molecule is CSc1ccccc1NC(=O)[C@H](C)Sc1ccccc1C(=O)O. The standard InChI is InChI=1S/C17H17NO3S2/c1-11(23-14-9-5-3-7-12(14)17(20)21)16(19)18-13-8-4-6-10-15(13)22-2/h3-11H,1-2H3,(H,18,19)(H,20,21)/t11-/m0/s1. The van der Waals surface area contributed by atoms with E-state index in [9.17, 15) is 14.7 Å². The lowest BCUT2D eigenvalue weighted by Gasteiger charge is -2.15. The molecule has 0 bridgehead atoms. The first-order valence-electron chi connectivity index (χ1n) is 6.95. The van der Waals surface area contributed by atoms with Crippen LogP contribution in [0.2, 0.25) is 0 Å². The zero-order valence-electron chi connectivity index (χ0n) is 12.8. The Balaban J connectivity index is 2.10. The number of carbonyl (C=O) groups excluding carboxylic acids is 1. The van der Waals surface area contributed by atoms with E-state index in [4.69, 9.17) is 0 Å². The quantitative estimate of drug-likeness (QED) is 0.766. The van der Waals surface area contributed by atoms with Crippen LogP contribution in [-0.2, 0) is 4.79 Å². The number of nitrogens with one attached hydrogen (secondary N) is 1. The predicted molar refractivity (Wildman–Crippen MR) is 95.6 cm³/mol. The number of carboxylic acid groups (broad SMARTS) is 1. The Bertz CT molecular complexity index is 718. The van der Waals surface area contributed by atoms with E-state index in [1.165, 1.54) is 17.8 Å². The van der Waals surface area contributed by atoms with Crippen molar-refractivity contribution in [3.63, 3.8) is 0 Å². The van der Waals surface area contributed by atoms with Gasteiger partial charge in [0.25, 0.3) is 0 Å². The van der Waals surface area contributed by atoms with E-state index in [1.54, 1.807) is 36.9 Å². The molecule has 1 atom stereocenters. The number of para-hydroxylation sites is 1. The second kappa shape index (κ2) is 8.08. The fraction of sp³-hybridized carbons (Fsp3) is 0.176. The van der Waals surface area contributed by atoms with Gasteiger partial charge in [-0.05, 0) is 37.4 Å². The zero-order valence-corrected chi connectivity index (χ0v) is 14.4. The Morgan fingerprint density at radius 2 is 1.65 bits per heavy atom. The molecule has 0 fully saturated rings. The number of hydrogen-bond acceptors (Lipinski definition) is 4. The molecule has 2 aromatic carbocycles. The summed E-state index contributed by atoms with van der Waals surface area (Å²) < 4.78 is 0. The smallest absolute Gasteiger partial charge is 0.336 e. The second-order valence-electron chi connectivity index (χ2n) is 4.75. The molecule has 2 rings (SSSR count). The minimum atomic E-state index is -0.992. The van der Waals surface area contributed by atoms with E-state index in [-0.39, 0.29) is 11.5 Å². The average Bonchev–Trinajstić information content (AvgIpc) is 2.55. The molecular weight excluding hydrogens is 330 g/mol. The number of carbonyl (C=O) groups is 2. The molecule has 2 aromatic rings. The van der Waals surface area contributed by atoms with E-state index in [0.717, 1.165) is 10.6 Å². The van der Waals surface area contributed by atoms with Gasteiger partial charge >= 0.3 is 5.97 Å². The van der Waals surface area contributed by atoms with E-state index in [2.05, 4.69) is 5.32 Å². The lowest BCUT2D eigenvalue weighted by Crippen LogP contribution is -2.23. The number of thioether (sulfide) groups is 2. The van der Waals surface area contributed by atoms with Crippen LogP contribution in [0.15, 0.2) is 58.3 Å². The number of anilines is 1. The summed E-state index contributed by atoms with van der Waals surface area (Å²) in [6.07, 6.45) is 1.95. The van der Waals surface area contributed by atoms with Crippen LogP contribution in [0.1, 0.15) is 17.3 Å². The van der Waals surface area contributed by atoms with Gasteiger partial charge in [0.2, 0.25) is 5.91 Å². The molecule has 1 amide bonds. The number of carboxylic acids is 1. The molecule has 0 saturated heterocycles. The highest BCUT2D eigenvalue weighted by Crippen LogP contribution is 2.29. The van der Waals surface area contributed by atoms with Gasteiger partial charge in [-0.2, -0.15) is 0 Å². The van der Waals surface area contributed by atoms with Gasteiger partial charge in [-0.3, -0.25) is 4.79 Å². The lowest BCUT2D eigenvalue weighted by molar-refractivity contribution is -0.115. The fourth-order valence-electron chi connectivity index (χ4n) is 1.97. The predicted octanol–water partition coefficient (Wildman–Crippen LogP) is 4.23. The third kappa shape index (κ3) is 4.53. The maximum atomic E-state index is 12.4. The molecule has 0 aliphatic rings. The highest BCUT2D eigenvalue weighted by molar-refractivity contribution is 8.00. The summed E-state index contributed by atoms with van der Waals surface area (Å²) >= 11 is 2.80. The lowest BCUT2D eigenvalue weighted by atomic mass is 10.2. The molecule has 0 aliphatic carbocycles. The minimum Gasteiger partial charge on any atom is -0.478 e. The first-order chi connectivity index (χ1) is 11.0. The van der Waals surface area contributed by atoms with Gasteiger partial charge in [-0.1, -0.05) is 24.3 Å². The van der Waals surface area contributed by atoms with Crippen molar-refractivity contribution in [1.29, 1.82) is 0 Å². The van der Waals surface area contributed by atoms with Crippen molar-refractivity contribution in [1.82, 2.24) is 0 Å². The third-order valence-corrected chi connectivity index (χ3v) is 5.13. The molecule has 0 radical (unpaired) electrons. The molecule has 0 spiro atoms.